The van der Waals surface area contributed by atoms with Crippen LogP contribution in [0.3, 0.4) is 0 Å². The van der Waals surface area contributed by atoms with Gasteiger partial charge in [0, 0.05) is 6.07 Å². The molecule has 0 radical (unpaired) electrons. The summed E-state index contributed by atoms with van der Waals surface area (Å²) in [5.41, 5.74) is 0.496. The number of nitrogens with one attached hydrogen (secondary N) is 1. The van der Waals surface area contributed by atoms with E-state index in [9.17, 15) is 4.79 Å². The van der Waals surface area contributed by atoms with Gasteiger partial charge in [0.05, 0.1) is 19.9 Å². The number of amides is 1. The average molecular weight is 353 g/mol. The molecule has 1 N–H and O–H groups in total. The summed E-state index contributed by atoms with van der Waals surface area (Å²) in [7, 11) is 3.09. The quantitative estimate of drug-likeness (QED) is 0.692. The molecule has 6 nitrogen and oxygen atoms in total. The summed E-state index contributed by atoms with van der Waals surface area (Å²) in [5.74, 6) is 2.22. The van der Waals surface area contributed by atoms with Gasteiger partial charge in [-0.3, -0.25) is 4.79 Å². The molecule has 0 aliphatic heterocycles. The zero-order chi connectivity index (χ0) is 18.4. The molecule has 0 aliphatic carbocycles. The summed E-state index contributed by atoms with van der Waals surface area (Å²) in [5, 5.41) is 2.76. The Kier molecular flexibility index (Phi) is 5.43. The molecular formula is C20H19NO5. The number of methoxy groups -OCH3 is 2. The number of hydrogen-bond acceptors (Lipinski definition) is 5. The van der Waals surface area contributed by atoms with Crippen LogP contribution in [0.15, 0.2) is 65.1 Å². The zero-order valence-electron chi connectivity index (χ0n) is 14.5. The van der Waals surface area contributed by atoms with Crippen LogP contribution in [-0.2, 0) is 6.61 Å². The van der Waals surface area contributed by atoms with Crippen molar-refractivity contribution in [3.05, 3.63) is 72.2 Å². The predicted octanol–water partition coefficient (Wildman–Crippen LogP) is 4.13. The van der Waals surface area contributed by atoms with E-state index in [1.54, 1.807) is 37.4 Å². The Bertz CT molecular complexity index is 873. The summed E-state index contributed by atoms with van der Waals surface area (Å²) in [6.45, 7) is 0.236. The number of rotatable bonds is 7. The number of anilines is 1. The summed E-state index contributed by atoms with van der Waals surface area (Å²) >= 11 is 0. The van der Waals surface area contributed by atoms with Crippen LogP contribution < -0.4 is 19.5 Å². The first-order valence-corrected chi connectivity index (χ1v) is 7.99. The van der Waals surface area contributed by atoms with Gasteiger partial charge in [0.1, 0.15) is 29.6 Å². The first-order valence-electron chi connectivity index (χ1n) is 7.99. The molecule has 0 saturated heterocycles. The molecule has 3 aromatic rings. The summed E-state index contributed by atoms with van der Waals surface area (Å²) in [6, 6.07) is 17.9. The first kappa shape index (κ1) is 17.4. The Labute approximate surface area is 151 Å². The van der Waals surface area contributed by atoms with Crippen LogP contribution in [0.5, 0.6) is 17.2 Å². The molecule has 0 saturated carbocycles. The second-order valence-electron chi connectivity index (χ2n) is 5.39. The Hall–Kier alpha value is -3.41. The maximum absolute atomic E-state index is 12.4. The topological polar surface area (TPSA) is 69.9 Å². The van der Waals surface area contributed by atoms with E-state index in [1.165, 1.54) is 7.11 Å². The van der Waals surface area contributed by atoms with Crippen molar-refractivity contribution in [3.8, 4) is 17.2 Å². The smallest absolute Gasteiger partial charge is 0.291 e. The van der Waals surface area contributed by atoms with E-state index in [0.717, 1.165) is 5.75 Å². The fourth-order valence-corrected chi connectivity index (χ4v) is 2.34. The summed E-state index contributed by atoms with van der Waals surface area (Å²) < 4.78 is 21.6. The van der Waals surface area contributed by atoms with Crippen molar-refractivity contribution >= 4 is 11.6 Å². The van der Waals surface area contributed by atoms with Crippen molar-refractivity contribution in [1.82, 2.24) is 0 Å². The van der Waals surface area contributed by atoms with E-state index in [-0.39, 0.29) is 18.3 Å². The van der Waals surface area contributed by atoms with Crippen molar-refractivity contribution in [2.24, 2.45) is 0 Å². The van der Waals surface area contributed by atoms with Gasteiger partial charge in [-0.25, -0.2) is 0 Å². The second-order valence-corrected chi connectivity index (χ2v) is 5.39. The SMILES string of the molecule is COc1ccc(OC)c(NC(=O)c2ccc(COc3ccccc3)o2)c1. The van der Waals surface area contributed by atoms with Gasteiger partial charge in [-0.2, -0.15) is 0 Å². The van der Waals surface area contributed by atoms with Crippen LogP contribution in [0.2, 0.25) is 0 Å². The molecule has 3 rings (SSSR count). The van der Waals surface area contributed by atoms with Crippen molar-refractivity contribution in [2.75, 3.05) is 19.5 Å². The Morgan fingerprint density at radius 3 is 2.50 bits per heavy atom. The van der Waals surface area contributed by atoms with Gasteiger partial charge in [-0.1, -0.05) is 18.2 Å². The molecule has 0 unspecified atom stereocenters. The van der Waals surface area contributed by atoms with Crippen molar-refractivity contribution < 1.29 is 23.4 Å². The highest BCUT2D eigenvalue weighted by atomic mass is 16.5. The molecule has 1 heterocycles. The van der Waals surface area contributed by atoms with Crippen LogP contribution >= 0.6 is 0 Å². The molecule has 0 fully saturated rings. The summed E-state index contributed by atoms with van der Waals surface area (Å²) in [4.78, 5) is 12.4. The lowest BCUT2D eigenvalue weighted by Gasteiger charge is -2.10. The molecule has 0 bridgehead atoms. The number of hydrogen-bond donors (Lipinski definition) is 1. The number of furan rings is 1. The highest BCUT2D eigenvalue weighted by Crippen LogP contribution is 2.29. The number of para-hydroxylation sites is 1. The Morgan fingerprint density at radius 2 is 1.77 bits per heavy atom. The fourth-order valence-electron chi connectivity index (χ4n) is 2.34. The van der Waals surface area contributed by atoms with Crippen LogP contribution in [-0.4, -0.2) is 20.1 Å². The van der Waals surface area contributed by atoms with E-state index in [0.29, 0.717) is 22.9 Å². The maximum atomic E-state index is 12.4. The molecule has 6 heteroatoms. The fraction of sp³-hybridized carbons (Fsp3) is 0.150. The average Bonchev–Trinajstić information content (AvgIpc) is 3.16. The standard InChI is InChI=1S/C20H19NO5/c1-23-15-8-10-18(24-2)17(12-15)21-20(22)19-11-9-16(26-19)13-25-14-6-4-3-5-7-14/h3-12H,13H2,1-2H3,(H,21,22). The molecular weight excluding hydrogens is 334 g/mol. The van der Waals surface area contributed by atoms with Gasteiger partial charge < -0.3 is 23.9 Å². The van der Waals surface area contributed by atoms with Crippen molar-refractivity contribution in [1.29, 1.82) is 0 Å². The number of ether oxygens (including phenoxy) is 3. The molecule has 0 aliphatic rings. The lowest BCUT2D eigenvalue weighted by molar-refractivity contribution is 0.0992. The Balaban J connectivity index is 1.66. The van der Waals surface area contributed by atoms with E-state index in [4.69, 9.17) is 18.6 Å². The summed E-state index contributed by atoms with van der Waals surface area (Å²) in [6.07, 6.45) is 0. The lowest BCUT2D eigenvalue weighted by atomic mass is 10.2. The van der Waals surface area contributed by atoms with Gasteiger partial charge in [-0.05, 0) is 36.4 Å². The van der Waals surface area contributed by atoms with Gasteiger partial charge in [-0.15, -0.1) is 0 Å². The van der Waals surface area contributed by atoms with E-state index >= 15 is 0 Å². The van der Waals surface area contributed by atoms with Crippen LogP contribution in [0, 0.1) is 0 Å². The predicted molar refractivity (Wildman–Crippen MR) is 97.0 cm³/mol. The largest absolute Gasteiger partial charge is 0.497 e. The van der Waals surface area contributed by atoms with Gasteiger partial charge in [0.25, 0.3) is 5.91 Å². The van der Waals surface area contributed by atoms with Gasteiger partial charge >= 0.3 is 0 Å². The number of carbonyl (C=O) groups is 1. The van der Waals surface area contributed by atoms with E-state index in [1.807, 2.05) is 30.3 Å². The normalized spacial score (nSPS) is 10.2. The lowest BCUT2D eigenvalue weighted by Crippen LogP contribution is -2.12. The highest BCUT2D eigenvalue weighted by Gasteiger charge is 2.15. The molecule has 2 aromatic carbocycles. The minimum absolute atomic E-state index is 0.182. The minimum atomic E-state index is -0.387. The third-order valence-electron chi connectivity index (χ3n) is 3.66. The monoisotopic (exact) mass is 353 g/mol. The van der Waals surface area contributed by atoms with Crippen LogP contribution in [0.1, 0.15) is 16.3 Å². The second kappa shape index (κ2) is 8.11. The maximum Gasteiger partial charge on any atom is 0.291 e. The number of benzene rings is 2. The van der Waals surface area contributed by atoms with Crippen LogP contribution in [0.25, 0.3) is 0 Å². The first-order chi connectivity index (χ1) is 12.7. The van der Waals surface area contributed by atoms with Crippen molar-refractivity contribution in [2.45, 2.75) is 6.61 Å². The van der Waals surface area contributed by atoms with Gasteiger partial charge in [0.2, 0.25) is 0 Å². The number of carbonyl (C=O) groups excluding carboxylic acids is 1. The van der Waals surface area contributed by atoms with E-state index in [2.05, 4.69) is 5.32 Å². The minimum Gasteiger partial charge on any atom is -0.497 e. The third kappa shape index (κ3) is 4.16. The molecule has 1 amide bonds. The van der Waals surface area contributed by atoms with Gasteiger partial charge in [0.15, 0.2) is 5.76 Å². The molecule has 134 valence electrons. The van der Waals surface area contributed by atoms with Crippen molar-refractivity contribution in [3.63, 3.8) is 0 Å². The molecule has 0 atom stereocenters. The molecule has 0 spiro atoms. The van der Waals surface area contributed by atoms with Crippen LogP contribution in [0.4, 0.5) is 5.69 Å². The highest BCUT2D eigenvalue weighted by molar-refractivity contribution is 6.03. The molecule has 1 aromatic heterocycles. The zero-order valence-corrected chi connectivity index (χ0v) is 14.5. The molecule has 26 heavy (non-hydrogen) atoms. The third-order valence-corrected chi connectivity index (χ3v) is 3.66. The van der Waals surface area contributed by atoms with E-state index < -0.39 is 0 Å². The Morgan fingerprint density at radius 1 is 0.962 bits per heavy atom.